The third kappa shape index (κ3) is 12.0. The number of aliphatic hydroxyl groups excluding tert-OH is 1. The first kappa shape index (κ1) is 20.2. The number of hydrogen-bond acceptors (Lipinski definition) is 6. The lowest BCUT2D eigenvalue weighted by molar-refractivity contribution is 0.0490. The summed E-state index contributed by atoms with van der Waals surface area (Å²) in [5.74, 6) is 0. The molecule has 0 fully saturated rings. The van der Waals surface area contributed by atoms with Gasteiger partial charge in [0.15, 0.2) is 0 Å². The molecule has 0 saturated heterocycles. The van der Waals surface area contributed by atoms with Gasteiger partial charge >= 0.3 is 12.2 Å². The molecule has 7 nitrogen and oxygen atoms in total. The maximum absolute atomic E-state index is 11.6. The molecule has 7 heteroatoms. The van der Waals surface area contributed by atoms with Crippen LogP contribution in [0.2, 0.25) is 0 Å². The molecule has 2 atom stereocenters. The molecule has 1 amide bonds. The summed E-state index contributed by atoms with van der Waals surface area (Å²) in [6.45, 7) is 7.23. The Bertz CT molecular complexity index is 375. The Balaban J connectivity index is 3.91. The molecular weight excluding hydrogens is 290 g/mol. The molecule has 0 aromatic carbocycles. The predicted octanol–water partition coefficient (Wildman–Crippen LogP) is 2.38. The Hall–Kier alpha value is -1.76. The smallest absolute Gasteiger partial charge is 0.444 e. The summed E-state index contributed by atoms with van der Waals surface area (Å²) in [4.78, 5) is 22.2. The van der Waals surface area contributed by atoms with E-state index >= 15 is 0 Å². The van der Waals surface area contributed by atoms with Crippen LogP contribution < -0.4 is 5.32 Å². The number of hydrogen-bond donors (Lipinski definition) is 2. The second kappa shape index (κ2) is 10.0. The molecule has 0 aromatic rings. The van der Waals surface area contributed by atoms with Crippen LogP contribution in [-0.4, -0.2) is 48.8 Å². The summed E-state index contributed by atoms with van der Waals surface area (Å²) >= 11 is 0. The van der Waals surface area contributed by atoms with Gasteiger partial charge in [-0.15, -0.1) is 0 Å². The largest absolute Gasteiger partial charge is 0.508 e. The van der Waals surface area contributed by atoms with Crippen molar-refractivity contribution in [3.05, 3.63) is 12.2 Å². The van der Waals surface area contributed by atoms with E-state index in [4.69, 9.17) is 4.74 Å². The zero-order valence-corrected chi connectivity index (χ0v) is 13.9. The number of rotatable bonds is 7. The standard InChI is InChI=1S/C15H27NO6/c1-11(16-13(18)22-15(2,3)4)10-12(17)8-6-7-9-21-14(19)20-5/h6-7,11-12,17H,8-10H2,1-5H3,(H,16,18)/b7-6+/t11-,12-/m1/s1. The summed E-state index contributed by atoms with van der Waals surface area (Å²) in [7, 11) is 1.23. The minimum absolute atomic E-state index is 0.0884. The molecule has 0 saturated carbocycles. The maximum Gasteiger partial charge on any atom is 0.508 e. The van der Waals surface area contributed by atoms with Crippen molar-refractivity contribution in [3.8, 4) is 0 Å². The SMILES string of the molecule is COC(=O)OC/C=C/C[C@@H](O)C[C@@H](C)NC(=O)OC(C)(C)C. The minimum Gasteiger partial charge on any atom is -0.444 e. The van der Waals surface area contributed by atoms with Gasteiger partial charge < -0.3 is 24.6 Å². The second-order valence-corrected chi connectivity index (χ2v) is 5.91. The number of aliphatic hydroxyl groups is 1. The van der Waals surface area contributed by atoms with E-state index < -0.39 is 24.0 Å². The number of carbonyl (C=O) groups excluding carboxylic acids is 2. The molecule has 0 aliphatic heterocycles. The van der Waals surface area contributed by atoms with E-state index in [0.717, 1.165) is 0 Å². The highest BCUT2D eigenvalue weighted by Gasteiger charge is 2.18. The Morgan fingerprint density at radius 1 is 1.27 bits per heavy atom. The highest BCUT2D eigenvalue weighted by atomic mass is 16.7. The molecule has 0 rings (SSSR count). The number of carbonyl (C=O) groups is 2. The zero-order valence-electron chi connectivity index (χ0n) is 13.9. The van der Waals surface area contributed by atoms with Crippen molar-refractivity contribution < 1.29 is 28.9 Å². The Morgan fingerprint density at radius 3 is 2.45 bits per heavy atom. The fourth-order valence-corrected chi connectivity index (χ4v) is 1.57. The number of amides is 1. The number of ether oxygens (including phenoxy) is 3. The topological polar surface area (TPSA) is 94.1 Å². The first-order valence-corrected chi connectivity index (χ1v) is 7.17. The molecule has 0 radical (unpaired) electrons. The lowest BCUT2D eigenvalue weighted by Crippen LogP contribution is -2.39. The Morgan fingerprint density at radius 2 is 1.91 bits per heavy atom. The van der Waals surface area contributed by atoms with Crippen molar-refractivity contribution >= 4 is 12.2 Å². The summed E-state index contributed by atoms with van der Waals surface area (Å²) in [5.41, 5.74) is -0.551. The van der Waals surface area contributed by atoms with E-state index in [9.17, 15) is 14.7 Å². The van der Waals surface area contributed by atoms with Crippen LogP contribution in [0.3, 0.4) is 0 Å². The van der Waals surface area contributed by atoms with Gasteiger partial charge in [-0.05, 0) is 40.5 Å². The van der Waals surface area contributed by atoms with Crippen molar-refractivity contribution in [1.82, 2.24) is 5.32 Å². The molecule has 22 heavy (non-hydrogen) atoms. The molecule has 2 N–H and O–H groups in total. The van der Waals surface area contributed by atoms with Crippen molar-refractivity contribution in [3.63, 3.8) is 0 Å². The zero-order chi connectivity index (χ0) is 17.2. The molecule has 0 heterocycles. The van der Waals surface area contributed by atoms with E-state index in [1.165, 1.54) is 7.11 Å². The van der Waals surface area contributed by atoms with Gasteiger partial charge in [0.25, 0.3) is 0 Å². The molecule has 0 bridgehead atoms. The fraction of sp³-hybridized carbons (Fsp3) is 0.733. The molecule has 0 aromatic heterocycles. The van der Waals surface area contributed by atoms with Gasteiger partial charge in [-0.2, -0.15) is 0 Å². The number of methoxy groups -OCH3 is 1. The van der Waals surface area contributed by atoms with Gasteiger partial charge in [0.1, 0.15) is 12.2 Å². The molecule has 0 unspecified atom stereocenters. The van der Waals surface area contributed by atoms with Crippen molar-refractivity contribution in [1.29, 1.82) is 0 Å². The summed E-state index contributed by atoms with van der Waals surface area (Å²) in [5, 5.41) is 12.5. The summed E-state index contributed by atoms with van der Waals surface area (Å²) < 4.78 is 14.1. The van der Waals surface area contributed by atoms with E-state index in [0.29, 0.717) is 12.8 Å². The van der Waals surface area contributed by atoms with Gasteiger partial charge in [-0.1, -0.05) is 12.2 Å². The van der Waals surface area contributed by atoms with Crippen LogP contribution in [0.4, 0.5) is 9.59 Å². The van der Waals surface area contributed by atoms with Crippen LogP contribution in [0.1, 0.15) is 40.5 Å². The minimum atomic E-state index is -0.750. The van der Waals surface area contributed by atoms with Crippen LogP contribution in [0, 0.1) is 0 Å². The quantitative estimate of drug-likeness (QED) is 0.553. The lowest BCUT2D eigenvalue weighted by atomic mass is 10.1. The second-order valence-electron chi connectivity index (χ2n) is 5.91. The highest BCUT2D eigenvalue weighted by Crippen LogP contribution is 2.08. The molecule has 0 spiro atoms. The number of nitrogens with one attached hydrogen (secondary N) is 1. The van der Waals surface area contributed by atoms with E-state index in [2.05, 4.69) is 14.8 Å². The van der Waals surface area contributed by atoms with Crippen LogP contribution in [-0.2, 0) is 14.2 Å². The Kier molecular flexibility index (Phi) is 9.24. The molecule has 128 valence electrons. The van der Waals surface area contributed by atoms with Crippen LogP contribution in [0.5, 0.6) is 0 Å². The van der Waals surface area contributed by atoms with Crippen LogP contribution >= 0.6 is 0 Å². The van der Waals surface area contributed by atoms with Gasteiger partial charge in [0.05, 0.1) is 13.2 Å². The average Bonchev–Trinajstić information content (AvgIpc) is 2.35. The molecule has 0 aliphatic rings. The normalized spacial score (nSPS) is 14.3. The number of alkyl carbamates (subject to hydrolysis) is 1. The fourth-order valence-electron chi connectivity index (χ4n) is 1.57. The predicted molar refractivity (Wildman–Crippen MR) is 81.6 cm³/mol. The van der Waals surface area contributed by atoms with Gasteiger partial charge in [-0.3, -0.25) is 0 Å². The van der Waals surface area contributed by atoms with Gasteiger partial charge in [0, 0.05) is 6.04 Å². The van der Waals surface area contributed by atoms with Gasteiger partial charge in [-0.25, -0.2) is 9.59 Å². The summed E-state index contributed by atoms with van der Waals surface area (Å²) in [6, 6.07) is -0.218. The van der Waals surface area contributed by atoms with Crippen LogP contribution in [0.25, 0.3) is 0 Å². The van der Waals surface area contributed by atoms with E-state index in [1.54, 1.807) is 39.8 Å². The van der Waals surface area contributed by atoms with Crippen molar-refractivity contribution in [2.75, 3.05) is 13.7 Å². The first-order valence-electron chi connectivity index (χ1n) is 7.17. The van der Waals surface area contributed by atoms with Crippen molar-refractivity contribution in [2.45, 2.75) is 58.3 Å². The van der Waals surface area contributed by atoms with E-state index in [-0.39, 0.29) is 12.6 Å². The monoisotopic (exact) mass is 317 g/mol. The van der Waals surface area contributed by atoms with Gasteiger partial charge in [0.2, 0.25) is 0 Å². The lowest BCUT2D eigenvalue weighted by Gasteiger charge is -2.22. The van der Waals surface area contributed by atoms with E-state index in [1.807, 2.05) is 0 Å². The van der Waals surface area contributed by atoms with Crippen molar-refractivity contribution in [2.24, 2.45) is 0 Å². The molecule has 0 aliphatic carbocycles. The molecular formula is C15H27NO6. The average molecular weight is 317 g/mol. The third-order valence-corrected chi connectivity index (χ3v) is 2.43. The highest BCUT2D eigenvalue weighted by molar-refractivity contribution is 5.68. The summed E-state index contributed by atoms with van der Waals surface area (Å²) in [6.07, 6.45) is 2.24. The maximum atomic E-state index is 11.6. The van der Waals surface area contributed by atoms with Crippen LogP contribution in [0.15, 0.2) is 12.2 Å². The third-order valence-electron chi connectivity index (χ3n) is 2.43. The first-order chi connectivity index (χ1) is 10.1. The Labute approximate surface area is 131 Å².